The van der Waals surface area contributed by atoms with Crippen molar-refractivity contribution in [3.63, 3.8) is 0 Å². The maximum atomic E-state index is 13.5. The molecule has 2 atom stereocenters. The van der Waals surface area contributed by atoms with Crippen LogP contribution in [0.5, 0.6) is 0 Å². The van der Waals surface area contributed by atoms with E-state index in [2.05, 4.69) is 10.6 Å². The summed E-state index contributed by atoms with van der Waals surface area (Å²) >= 11 is 0. The second kappa shape index (κ2) is 14.3. The van der Waals surface area contributed by atoms with E-state index in [1.54, 1.807) is 48.5 Å². The maximum absolute atomic E-state index is 13.5. The lowest BCUT2D eigenvalue weighted by molar-refractivity contribution is -0.125. The van der Waals surface area contributed by atoms with Gasteiger partial charge >= 0.3 is 0 Å². The van der Waals surface area contributed by atoms with Crippen molar-refractivity contribution in [1.82, 2.24) is 20.4 Å². The first kappa shape index (κ1) is 32.1. The molecule has 0 fully saturated rings. The molecule has 6 rings (SSSR count). The molecule has 2 aliphatic rings. The molecular formula is C38H34N4O6. The molecule has 6 amide bonds. The number of hydrogen-bond donors (Lipinski definition) is 2. The maximum Gasteiger partial charge on any atom is 0.262 e. The molecule has 0 radical (unpaired) electrons. The normalized spacial score (nSPS) is 14.8. The van der Waals surface area contributed by atoms with Crippen molar-refractivity contribution in [2.45, 2.75) is 37.8 Å². The van der Waals surface area contributed by atoms with Crippen LogP contribution in [0.2, 0.25) is 0 Å². The molecule has 2 N–H and O–H groups in total. The van der Waals surface area contributed by atoms with Crippen LogP contribution in [0, 0.1) is 0 Å². The van der Waals surface area contributed by atoms with E-state index >= 15 is 0 Å². The molecule has 0 aliphatic carbocycles. The van der Waals surface area contributed by atoms with Gasteiger partial charge in [0.2, 0.25) is 11.8 Å². The van der Waals surface area contributed by atoms with Crippen LogP contribution in [-0.2, 0) is 22.4 Å². The number of rotatable bonds is 13. The number of carbonyl (C=O) groups excluding carboxylic acids is 6. The quantitative estimate of drug-likeness (QED) is 0.168. The van der Waals surface area contributed by atoms with Crippen molar-refractivity contribution in [3.05, 3.63) is 143 Å². The second-order valence-electron chi connectivity index (χ2n) is 11.8. The topological polar surface area (TPSA) is 133 Å². The highest BCUT2D eigenvalue weighted by Crippen LogP contribution is 2.27. The fraction of sp³-hybridized carbons (Fsp3) is 0.211. The first-order valence-electron chi connectivity index (χ1n) is 15.9. The first-order chi connectivity index (χ1) is 23.3. The van der Waals surface area contributed by atoms with Gasteiger partial charge < -0.3 is 10.6 Å². The van der Waals surface area contributed by atoms with Crippen molar-refractivity contribution >= 4 is 35.4 Å². The molecule has 10 heteroatoms. The number of nitrogens with one attached hydrogen (secondary N) is 2. The molecule has 2 aliphatic heterocycles. The summed E-state index contributed by atoms with van der Waals surface area (Å²) in [4.78, 5) is 82.0. The SMILES string of the molecule is O=C(NCCCCNC(=O)[C@@H](Cc1ccccc1)N1C(=O)c2ccccc2C1=O)[C@@H](Cc1ccccc1)N1C(=O)c2ccccc2C1=O. The monoisotopic (exact) mass is 642 g/mol. The van der Waals surface area contributed by atoms with E-state index in [1.807, 2.05) is 60.7 Å². The Kier molecular flexibility index (Phi) is 9.52. The predicted octanol–water partition coefficient (Wildman–Crippen LogP) is 3.81. The third kappa shape index (κ3) is 6.50. The average molecular weight is 643 g/mol. The van der Waals surface area contributed by atoms with Gasteiger partial charge in [0.1, 0.15) is 12.1 Å². The highest BCUT2D eigenvalue weighted by Gasteiger charge is 2.44. The smallest absolute Gasteiger partial charge is 0.262 e. The minimum atomic E-state index is -1.04. The van der Waals surface area contributed by atoms with Crippen molar-refractivity contribution in [3.8, 4) is 0 Å². The van der Waals surface area contributed by atoms with Gasteiger partial charge in [0, 0.05) is 25.9 Å². The fourth-order valence-electron chi connectivity index (χ4n) is 6.17. The van der Waals surface area contributed by atoms with Crippen LogP contribution in [0.15, 0.2) is 109 Å². The van der Waals surface area contributed by atoms with E-state index in [4.69, 9.17) is 0 Å². The van der Waals surface area contributed by atoms with Crippen LogP contribution in [-0.4, -0.2) is 70.4 Å². The largest absolute Gasteiger partial charge is 0.354 e. The lowest BCUT2D eigenvalue weighted by atomic mass is 10.0. The molecule has 0 aromatic heterocycles. The summed E-state index contributed by atoms with van der Waals surface area (Å²) in [5.41, 5.74) is 2.71. The molecular weight excluding hydrogens is 608 g/mol. The highest BCUT2D eigenvalue weighted by atomic mass is 16.2. The zero-order chi connectivity index (χ0) is 33.6. The lowest BCUT2D eigenvalue weighted by Crippen LogP contribution is -2.51. The molecule has 0 bridgehead atoms. The van der Waals surface area contributed by atoms with Gasteiger partial charge in [-0.25, -0.2) is 0 Å². The second-order valence-corrected chi connectivity index (χ2v) is 11.8. The number of imide groups is 2. The molecule has 10 nitrogen and oxygen atoms in total. The Morgan fingerprint density at radius 1 is 0.458 bits per heavy atom. The summed E-state index contributed by atoms with van der Waals surface area (Å²) in [5, 5.41) is 5.73. The van der Waals surface area contributed by atoms with Crippen molar-refractivity contribution in [1.29, 1.82) is 0 Å². The standard InChI is InChI=1S/C38H34N4O6/c43-33(31(23-25-13-3-1-4-14-25)41-35(45)27-17-7-8-18-28(27)36(41)46)39-21-11-12-22-40-34(44)32(24-26-15-5-2-6-16-26)42-37(47)29-19-9-10-20-30(29)38(42)48/h1-10,13-20,31-32H,11-12,21-24H2,(H,39,43)(H,40,44)/t31-,32-/m1/s1. The van der Waals surface area contributed by atoms with Gasteiger partial charge in [-0.1, -0.05) is 84.9 Å². The average Bonchev–Trinajstić information content (AvgIpc) is 3.52. The Hall–Kier alpha value is -5.90. The Balaban J connectivity index is 1.06. The molecule has 4 aromatic carbocycles. The Labute approximate surface area is 277 Å². The fourth-order valence-corrected chi connectivity index (χ4v) is 6.17. The van der Waals surface area contributed by atoms with Crippen LogP contribution in [0.4, 0.5) is 0 Å². The number of amides is 6. The summed E-state index contributed by atoms with van der Waals surface area (Å²) in [6.07, 6.45) is 1.30. The Morgan fingerprint density at radius 2 is 0.750 bits per heavy atom. The van der Waals surface area contributed by atoms with Gasteiger partial charge in [0.15, 0.2) is 0 Å². The van der Waals surface area contributed by atoms with E-state index in [-0.39, 0.29) is 48.2 Å². The number of hydrogen-bond acceptors (Lipinski definition) is 6. The Morgan fingerprint density at radius 3 is 1.06 bits per heavy atom. The first-order valence-corrected chi connectivity index (χ1v) is 15.9. The van der Waals surface area contributed by atoms with Gasteiger partial charge in [-0.05, 0) is 48.2 Å². The van der Waals surface area contributed by atoms with Gasteiger partial charge in [-0.15, -0.1) is 0 Å². The number of fused-ring (bicyclic) bond motifs is 2. The third-order valence-corrected chi connectivity index (χ3v) is 8.63. The molecule has 4 aromatic rings. The zero-order valence-electron chi connectivity index (χ0n) is 26.1. The molecule has 2 heterocycles. The minimum absolute atomic E-state index is 0.162. The number of nitrogens with zero attached hydrogens (tertiary/aromatic N) is 2. The predicted molar refractivity (Wildman–Crippen MR) is 177 cm³/mol. The summed E-state index contributed by atoms with van der Waals surface area (Å²) in [7, 11) is 0. The van der Waals surface area contributed by atoms with E-state index in [9.17, 15) is 28.8 Å². The Bertz CT molecular complexity index is 1670. The van der Waals surface area contributed by atoms with Crippen LogP contribution in [0.25, 0.3) is 0 Å². The molecule has 0 saturated carbocycles. The van der Waals surface area contributed by atoms with Crippen molar-refractivity contribution < 1.29 is 28.8 Å². The van der Waals surface area contributed by atoms with E-state index in [0.29, 0.717) is 12.8 Å². The molecule has 242 valence electrons. The van der Waals surface area contributed by atoms with Gasteiger partial charge in [-0.3, -0.25) is 38.6 Å². The van der Waals surface area contributed by atoms with Crippen LogP contribution < -0.4 is 10.6 Å². The van der Waals surface area contributed by atoms with Crippen molar-refractivity contribution in [2.75, 3.05) is 13.1 Å². The zero-order valence-corrected chi connectivity index (χ0v) is 26.1. The summed E-state index contributed by atoms with van der Waals surface area (Å²) < 4.78 is 0. The van der Waals surface area contributed by atoms with E-state index in [0.717, 1.165) is 20.9 Å². The molecule has 0 saturated heterocycles. The summed E-state index contributed by atoms with van der Waals surface area (Å²) in [5.74, 6) is -2.91. The van der Waals surface area contributed by atoms with Crippen molar-refractivity contribution in [2.24, 2.45) is 0 Å². The van der Waals surface area contributed by atoms with Crippen LogP contribution in [0.1, 0.15) is 65.4 Å². The number of benzene rings is 4. The molecule has 0 spiro atoms. The van der Waals surface area contributed by atoms with Gasteiger partial charge in [0.05, 0.1) is 22.3 Å². The lowest BCUT2D eigenvalue weighted by Gasteiger charge is -2.26. The summed E-state index contributed by atoms with van der Waals surface area (Å²) in [6, 6.07) is 29.4. The number of unbranched alkanes of at least 4 members (excludes halogenated alkanes) is 1. The minimum Gasteiger partial charge on any atom is -0.354 e. The highest BCUT2D eigenvalue weighted by molar-refractivity contribution is 6.23. The van der Waals surface area contributed by atoms with Crippen LogP contribution >= 0.6 is 0 Å². The van der Waals surface area contributed by atoms with E-state index < -0.39 is 47.5 Å². The van der Waals surface area contributed by atoms with Crippen LogP contribution in [0.3, 0.4) is 0 Å². The van der Waals surface area contributed by atoms with E-state index in [1.165, 1.54) is 0 Å². The third-order valence-electron chi connectivity index (χ3n) is 8.63. The molecule has 0 unspecified atom stereocenters. The van der Waals surface area contributed by atoms with Gasteiger partial charge in [0.25, 0.3) is 23.6 Å². The molecule has 48 heavy (non-hydrogen) atoms. The summed E-state index contributed by atoms with van der Waals surface area (Å²) in [6.45, 7) is 0.490. The van der Waals surface area contributed by atoms with Gasteiger partial charge in [-0.2, -0.15) is 0 Å². The number of carbonyl (C=O) groups is 6.